The van der Waals surface area contributed by atoms with Crippen LogP contribution in [0.4, 0.5) is 5.69 Å². The minimum Gasteiger partial charge on any atom is -0.479 e. The first-order valence-electron chi connectivity index (χ1n) is 9.83. The molecule has 0 atom stereocenters. The summed E-state index contributed by atoms with van der Waals surface area (Å²) in [4.78, 5) is 26.9. The second kappa shape index (κ2) is 9.73. The average Bonchev–Trinajstić information content (AvgIpc) is 3.18. The van der Waals surface area contributed by atoms with E-state index in [-0.39, 0.29) is 36.6 Å². The van der Waals surface area contributed by atoms with Crippen molar-refractivity contribution in [3.8, 4) is 11.4 Å². The van der Waals surface area contributed by atoms with Gasteiger partial charge in [-0.15, -0.1) is 0 Å². The highest BCUT2D eigenvalue weighted by Crippen LogP contribution is 2.22. The number of benzene rings is 2. The third kappa shape index (κ3) is 4.86. The van der Waals surface area contributed by atoms with E-state index in [0.717, 1.165) is 11.4 Å². The predicted octanol–water partition coefficient (Wildman–Crippen LogP) is 3.87. The molecule has 3 aromatic rings. The number of amides is 1. The van der Waals surface area contributed by atoms with Crippen molar-refractivity contribution in [2.24, 2.45) is 0 Å². The lowest BCUT2D eigenvalue weighted by Crippen LogP contribution is -2.40. The summed E-state index contributed by atoms with van der Waals surface area (Å²) in [6, 6.07) is 18.7. The van der Waals surface area contributed by atoms with Gasteiger partial charge in [0.25, 0.3) is 5.91 Å². The Hall–Kier alpha value is -3.61. The molecule has 156 valence electrons. The van der Waals surface area contributed by atoms with Gasteiger partial charge in [0.2, 0.25) is 5.69 Å². The van der Waals surface area contributed by atoms with Gasteiger partial charge in [-0.25, -0.2) is 9.48 Å². The van der Waals surface area contributed by atoms with Crippen LogP contribution in [0.25, 0.3) is 5.69 Å². The molecule has 1 heterocycles. The number of para-hydroxylation sites is 2. The SMILES string of the molecule is CCOC(=O)c1nn(-c2ccccc2)cc1OCC(=O)N(c1ccccc1)C(C)C. The molecule has 0 saturated carbocycles. The number of nitrogens with zero attached hydrogens (tertiary/aromatic N) is 3. The fourth-order valence-electron chi connectivity index (χ4n) is 3.05. The lowest BCUT2D eigenvalue weighted by atomic mass is 10.2. The van der Waals surface area contributed by atoms with E-state index < -0.39 is 5.97 Å². The van der Waals surface area contributed by atoms with Crippen LogP contribution in [-0.2, 0) is 9.53 Å². The van der Waals surface area contributed by atoms with Crippen molar-refractivity contribution in [1.29, 1.82) is 0 Å². The molecule has 2 aromatic carbocycles. The van der Waals surface area contributed by atoms with E-state index in [4.69, 9.17) is 9.47 Å². The lowest BCUT2D eigenvalue weighted by Gasteiger charge is -2.26. The normalized spacial score (nSPS) is 10.7. The minimum absolute atomic E-state index is 0.0318. The molecule has 1 aromatic heterocycles. The van der Waals surface area contributed by atoms with E-state index in [9.17, 15) is 9.59 Å². The molecular formula is C23H25N3O4. The van der Waals surface area contributed by atoms with E-state index in [1.165, 1.54) is 4.68 Å². The first-order valence-corrected chi connectivity index (χ1v) is 9.83. The lowest BCUT2D eigenvalue weighted by molar-refractivity contribution is -0.120. The van der Waals surface area contributed by atoms with E-state index in [1.54, 1.807) is 18.0 Å². The summed E-state index contributed by atoms with van der Waals surface area (Å²) in [6.07, 6.45) is 1.58. The van der Waals surface area contributed by atoms with Gasteiger partial charge in [0.15, 0.2) is 12.4 Å². The van der Waals surface area contributed by atoms with Crippen LogP contribution in [0.1, 0.15) is 31.3 Å². The van der Waals surface area contributed by atoms with E-state index in [0.29, 0.717) is 0 Å². The van der Waals surface area contributed by atoms with Crippen LogP contribution in [0.3, 0.4) is 0 Å². The number of hydrogen-bond acceptors (Lipinski definition) is 5. The van der Waals surface area contributed by atoms with Crippen molar-refractivity contribution in [3.63, 3.8) is 0 Å². The summed E-state index contributed by atoms with van der Waals surface area (Å²) >= 11 is 0. The Kier molecular flexibility index (Phi) is 6.85. The molecule has 0 aliphatic heterocycles. The first kappa shape index (κ1) is 21.1. The van der Waals surface area contributed by atoms with Crippen LogP contribution in [0.2, 0.25) is 0 Å². The van der Waals surface area contributed by atoms with E-state index in [1.807, 2.05) is 74.5 Å². The molecule has 30 heavy (non-hydrogen) atoms. The predicted molar refractivity (Wildman–Crippen MR) is 114 cm³/mol. The Morgan fingerprint density at radius 3 is 2.27 bits per heavy atom. The van der Waals surface area contributed by atoms with Crippen LogP contribution < -0.4 is 9.64 Å². The molecule has 0 aliphatic rings. The van der Waals surface area contributed by atoms with Gasteiger partial charge in [-0.1, -0.05) is 36.4 Å². The van der Waals surface area contributed by atoms with Gasteiger partial charge < -0.3 is 14.4 Å². The number of esters is 1. The van der Waals surface area contributed by atoms with Crippen LogP contribution in [0.15, 0.2) is 66.9 Å². The largest absolute Gasteiger partial charge is 0.479 e. The number of carbonyl (C=O) groups is 2. The quantitative estimate of drug-likeness (QED) is 0.530. The van der Waals surface area contributed by atoms with Crippen LogP contribution >= 0.6 is 0 Å². The number of hydrogen-bond donors (Lipinski definition) is 0. The Balaban J connectivity index is 1.83. The molecule has 0 bridgehead atoms. The van der Waals surface area contributed by atoms with Crippen molar-refractivity contribution in [1.82, 2.24) is 9.78 Å². The fourth-order valence-corrected chi connectivity index (χ4v) is 3.05. The Morgan fingerprint density at radius 2 is 1.67 bits per heavy atom. The van der Waals surface area contributed by atoms with E-state index >= 15 is 0 Å². The topological polar surface area (TPSA) is 73.7 Å². The highest BCUT2D eigenvalue weighted by Gasteiger charge is 2.24. The molecule has 1 amide bonds. The minimum atomic E-state index is -0.599. The second-order valence-electron chi connectivity index (χ2n) is 6.82. The van der Waals surface area contributed by atoms with Crippen molar-refractivity contribution in [2.45, 2.75) is 26.8 Å². The number of rotatable bonds is 8. The summed E-state index contributed by atoms with van der Waals surface area (Å²) in [6.45, 7) is 5.56. The van der Waals surface area contributed by atoms with Crippen molar-refractivity contribution in [3.05, 3.63) is 72.6 Å². The molecule has 0 N–H and O–H groups in total. The second-order valence-corrected chi connectivity index (χ2v) is 6.82. The molecule has 7 heteroatoms. The molecule has 0 fully saturated rings. The van der Waals surface area contributed by atoms with Gasteiger partial charge in [-0.3, -0.25) is 4.79 Å². The van der Waals surface area contributed by atoms with Gasteiger partial charge in [-0.05, 0) is 45.0 Å². The Bertz CT molecular complexity index is 984. The zero-order chi connectivity index (χ0) is 21.5. The maximum absolute atomic E-state index is 12.9. The summed E-state index contributed by atoms with van der Waals surface area (Å²) in [5.74, 6) is -0.626. The van der Waals surface area contributed by atoms with Crippen LogP contribution in [0, 0.1) is 0 Å². The number of aromatic nitrogens is 2. The fraction of sp³-hybridized carbons (Fsp3) is 0.261. The van der Waals surface area contributed by atoms with Gasteiger partial charge in [0, 0.05) is 11.7 Å². The maximum Gasteiger partial charge on any atom is 0.362 e. The van der Waals surface area contributed by atoms with Crippen molar-refractivity contribution < 1.29 is 19.1 Å². The zero-order valence-corrected chi connectivity index (χ0v) is 17.3. The van der Waals surface area contributed by atoms with Gasteiger partial charge in [0.1, 0.15) is 0 Å². The highest BCUT2D eigenvalue weighted by molar-refractivity contribution is 5.95. The standard InChI is InChI=1S/C23H25N3O4/c1-4-29-23(28)22-20(15-25(24-22)18-11-7-5-8-12-18)30-16-21(27)26(17(2)3)19-13-9-6-10-14-19/h5-15,17H,4,16H2,1-3H3. The summed E-state index contributed by atoms with van der Waals surface area (Å²) in [5, 5.41) is 4.31. The molecule has 0 radical (unpaired) electrons. The number of carbonyl (C=O) groups excluding carboxylic acids is 2. The molecule has 0 saturated heterocycles. The summed E-state index contributed by atoms with van der Waals surface area (Å²) in [5.41, 5.74) is 1.58. The average molecular weight is 407 g/mol. The van der Waals surface area contributed by atoms with Crippen LogP contribution in [-0.4, -0.2) is 40.9 Å². The van der Waals surface area contributed by atoms with Crippen molar-refractivity contribution in [2.75, 3.05) is 18.1 Å². The summed E-state index contributed by atoms with van der Waals surface area (Å²) < 4.78 is 12.4. The highest BCUT2D eigenvalue weighted by atomic mass is 16.5. The number of anilines is 1. The summed E-state index contributed by atoms with van der Waals surface area (Å²) in [7, 11) is 0. The third-order valence-electron chi connectivity index (χ3n) is 4.34. The van der Waals surface area contributed by atoms with Gasteiger partial charge in [0.05, 0.1) is 18.5 Å². The smallest absolute Gasteiger partial charge is 0.362 e. The molecule has 0 spiro atoms. The Morgan fingerprint density at radius 1 is 1.03 bits per heavy atom. The monoisotopic (exact) mass is 407 g/mol. The third-order valence-corrected chi connectivity index (χ3v) is 4.34. The molecular weight excluding hydrogens is 382 g/mol. The molecule has 0 unspecified atom stereocenters. The molecule has 0 aliphatic carbocycles. The molecule has 7 nitrogen and oxygen atoms in total. The van der Waals surface area contributed by atoms with Crippen molar-refractivity contribution >= 4 is 17.6 Å². The zero-order valence-electron chi connectivity index (χ0n) is 17.3. The molecule has 3 rings (SSSR count). The van der Waals surface area contributed by atoms with Gasteiger partial charge >= 0.3 is 5.97 Å². The van der Waals surface area contributed by atoms with Crippen LogP contribution in [0.5, 0.6) is 5.75 Å². The number of ether oxygens (including phenoxy) is 2. The van der Waals surface area contributed by atoms with Gasteiger partial charge in [-0.2, -0.15) is 5.10 Å². The van der Waals surface area contributed by atoms with E-state index in [2.05, 4.69) is 5.10 Å². The first-order chi connectivity index (χ1) is 14.5. The maximum atomic E-state index is 12.9. The Labute approximate surface area is 175 Å².